The Kier molecular flexibility index (Phi) is 5.99. The minimum absolute atomic E-state index is 0.292. The maximum Gasteiger partial charge on any atom is 0.273 e. The number of nitrogens with zero attached hydrogens (tertiary/aromatic N) is 2. The Balaban J connectivity index is 1.48. The number of hydrogen-bond donors (Lipinski definition) is 2. The molecule has 0 spiro atoms. The Labute approximate surface area is 174 Å². The number of anilines is 1. The summed E-state index contributed by atoms with van der Waals surface area (Å²) in [5.74, 6) is 1.25. The van der Waals surface area contributed by atoms with Crippen molar-refractivity contribution in [3.63, 3.8) is 0 Å². The molecule has 0 bridgehead atoms. The quantitative estimate of drug-likeness (QED) is 0.629. The van der Waals surface area contributed by atoms with E-state index in [2.05, 4.69) is 22.1 Å². The molecule has 4 rings (SSSR count). The number of aromatic amines is 1. The van der Waals surface area contributed by atoms with Gasteiger partial charge in [-0.1, -0.05) is 37.3 Å². The molecule has 0 amide bonds. The number of H-pyrrole nitrogens is 1. The molecular formula is C23H26N4O3. The van der Waals surface area contributed by atoms with Crippen LogP contribution in [0.4, 0.5) is 5.82 Å². The van der Waals surface area contributed by atoms with Crippen molar-refractivity contribution in [1.29, 1.82) is 0 Å². The van der Waals surface area contributed by atoms with Gasteiger partial charge >= 0.3 is 0 Å². The molecule has 1 aliphatic rings. The third-order valence-corrected chi connectivity index (χ3v) is 5.29. The number of benzene rings is 1. The number of aromatic nitrogens is 2. The predicted molar refractivity (Wildman–Crippen MR) is 118 cm³/mol. The lowest BCUT2D eigenvalue weighted by Crippen LogP contribution is -2.33. The highest BCUT2D eigenvalue weighted by Gasteiger charge is 2.22. The van der Waals surface area contributed by atoms with Crippen LogP contribution in [0.5, 0.6) is 5.75 Å². The normalized spacial score (nSPS) is 16.0. The van der Waals surface area contributed by atoms with Gasteiger partial charge < -0.3 is 19.9 Å². The second kappa shape index (κ2) is 9.00. The van der Waals surface area contributed by atoms with Gasteiger partial charge in [-0.2, -0.15) is 0 Å². The summed E-state index contributed by atoms with van der Waals surface area (Å²) in [6.45, 7) is 5.15. The van der Waals surface area contributed by atoms with Crippen LogP contribution in [-0.4, -0.2) is 35.2 Å². The van der Waals surface area contributed by atoms with E-state index in [0.29, 0.717) is 24.1 Å². The van der Waals surface area contributed by atoms with Crippen LogP contribution in [0.15, 0.2) is 70.4 Å². The van der Waals surface area contributed by atoms with Crippen molar-refractivity contribution in [3.05, 3.63) is 87.1 Å². The first kappa shape index (κ1) is 20.0. The van der Waals surface area contributed by atoms with Crippen molar-refractivity contribution in [1.82, 2.24) is 14.9 Å². The van der Waals surface area contributed by atoms with E-state index in [1.54, 1.807) is 18.3 Å². The lowest BCUT2D eigenvalue weighted by molar-refractivity contribution is 0.305. The monoisotopic (exact) mass is 406 g/mol. The van der Waals surface area contributed by atoms with Crippen molar-refractivity contribution >= 4 is 5.82 Å². The number of nitrogens with one attached hydrogen (secondary N) is 2. The van der Waals surface area contributed by atoms with Crippen molar-refractivity contribution in [3.8, 4) is 11.4 Å². The fourth-order valence-electron chi connectivity index (χ4n) is 3.75. The van der Waals surface area contributed by atoms with Gasteiger partial charge in [0.15, 0.2) is 0 Å². The highest BCUT2D eigenvalue weighted by Crippen LogP contribution is 2.18. The van der Waals surface area contributed by atoms with Gasteiger partial charge in [-0.15, -0.1) is 0 Å². The van der Waals surface area contributed by atoms with E-state index < -0.39 is 0 Å². The average Bonchev–Trinajstić information content (AvgIpc) is 3.22. The van der Waals surface area contributed by atoms with Gasteiger partial charge in [-0.3, -0.25) is 14.2 Å². The number of rotatable bonds is 7. The zero-order valence-corrected chi connectivity index (χ0v) is 17.0. The van der Waals surface area contributed by atoms with E-state index in [0.717, 1.165) is 37.4 Å². The van der Waals surface area contributed by atoms with Gasteiger partial charge in [0, 0.05) is 31.4 Å². The average molecular weight is 406 g/mol. The van der Waals surface area contributed by atoms with E-state index in [1.165, 1.54) is 10.6 Å². The fraction of sp³-hybridized carbons (Fsp3) is 0.304. The van der Waals surface area contributed by atoms with Crippen molar-refractivity contribution in [2.24, 2.45) is 0 Å². The van der Waals surface area contributed by atoms with E-state index in [4.69, 9.17) is 4.74 Å². The van der Waals surface area contributed by atoms with Crippen LogP contribution < -0.4 is 26.1 Å². The van der Waals surface area contributed by atoms with Crippen LogP contribution in [0.2, 0.25) is 0 Å². The number of ether oxygens (including phenoxy) is 1. The molecule has 7 heteroatoms. The zero-order valence-electron chi connectivity index (χ0n) is 17.0. The molecule has 1 atom stereocenters. The molecule has 30 heavy (non-hydrogen) atoms. The Bertz CT molecular complexity index is 1110. The van der Waals surface area contributed by atoms with E-state index in [-0.39, 0.29) is 11.1 Å². The van der Waals surface area contributed by atoms with Crippen LogP contribution in [0, 0.1) is 0 Å². The summed E-state index contributed by atoms with van der Waals surface area (Å²) >= 11 is 0. The minimum Gasteiger partial charge on any atom is -0.489 e. The van der Waals surface area contributed by atoms with Crippen LogP contribution in [0.3, 0.4) is 0 Å². The first-order valence-corrected chi connectivity index (χ1v) is 10.3. The molecule has 156 valence electrons. The molecule has 1 aliphatic heterocycles. The largest absolute Gasteiger partial charge is 0.489 e. The molecule has 1 aromatic carbocycles. The maximum atomic E-state index is 12.7. The van der Waals surface area contributed by atoms with Crippen molar-refractivity contribution < 1.29 is 4.74 Å². The molecular weight excluding hydrogens is 380 g/mol. The third-order valence-electron chi connectivity index (χ3n) is 5.29. The Morgan fingerprint density at radius 3 is 2.70 bits per heavy atom. The maximum absolute atomic E-state index is 12.7. The molecule has 1 saturated heterocycles. The third kappa shape index (κ3) is 4.46. The minimum atomic E-state index is -0.313. The molecule has 0 unspecified atom stereocenters. The molecule has 1 fully saturated rings. The lowest BCUT2D eigenvalue weighted by atomic mass is 10.2. The van der Waals surface area contributed by atoms with Gasteiger partial charge in [-0.05, 0) is 36.7 Å². The number of hydrogen-bond acceptors (Lipinski definition) is 5. The summed E-state index contributed by atoms with van der Waals surface area (Å²) in [5.41, 5.74) is 0.708. The Morgan fingerprint density at radius 1 is 1.13 bits per heavy atom. The first-order valence-electron chi connectivity index (χ1n) is 10.3. The predicted octanol–water partition coefficient (Wildman–Crippen LogP) is 2.29. The summed E-state index contributed by atoms with van der Waals surface area (Å²) in [5, 5.41) is 3.44. The van der Waals surface area contributed by atoms with Gasteiger partial charge in [0.05, 0.1) is 0 Å². The SMILES string of the molecule is CCN[C@@H]1CCN(c2ccc(-n3ccc(OCc4ccccc4)cc3=O)c(=O)[nH]2)C1. The van der Waals surface area contributed by atoms with Gasteiger partial charge in [-0.25, -0.2) is 0 Å². The summed E-state index contributed by atoms with van der Waals surface area (Å²) in [4.78, 5) is 30.3. The van der Waals surface area contributed by atoms with E-state index >= 15 is 0 Å². The molecule has 2 N–H and O–H groups in total. The zero-order chi connectivity index (χ0) is 20.9. The molecule has 0 aliphatic carbocycles. The van der Waals surface area contributed by atoms with Crippen LogP contribution in [-0.2, 0) is 6.61 Å². The van der Waals surface area contributed by atoms with Crippen molar-refractivity contribution in [2.45, 2.75) is 26.0 Å². The summed E-state index contributed by atoms with van der Waals surface area (Å²) in [6, 6.07) is 16.8. The topological polar surface area (TPSA) is 79.4 Å². The fourth-order valence-corrected chi connectivity index (χ4v) is 3.75. The molecule has 0 saturated carbocycles. The first-order chi connectivity index (χ1) is 14.6. The molecule has 2 aromatic heterocycles. The highest BCUT2D eigenvalue weighted by molar-refractivity contribution is 5.45. The van der Waals surface area contributed by atoms with Gasteiger partial charge in [0.25, 0.3) is 11.1 Å². The van der Waals surface area contributed by atoms with Crippen LogP contribution >= 0.6 is 0 Å². The Morgan fingerprint density at radius 2 is 1.97 bits per heavy atom. The standard InChI is InChI=1S/C23H26N4O3/c1-2-24-18-10-12-26(15-18)21-9-8-20(23(29)25-21)27-13-11-19(14-22(27)28)30-16-17-6-4-3-5-7-17/h3-9,11,13-14,18,24H,2,10,12,15-16H2,1H3,(H,25,29)/t18-/m1/s1. The second-order valence-corrected chi connectivity index (χ2v) is 7.39. The molecule has 0 radical (unpaired) electrons. The Hall–Kier alpha value is -3.32. The number of pyridine rings is 2. The van der Waals surface area contributed by atoms with E-state index in [9.17, 15) is 9.59 Å². The van der Waals surface area contributed by atoms with Crippen molar-refractivity contribution in [2.75, 3.05) is 24.5 Å². The smallest absolute Gasteiger partial charge is 0.273 e. The highest BCUT2D eigenvalue weighted by atomic mass is 16.5. The molecule has 3 aromatic rings. The number of likely N-dealkylation sites (N-methyl/N-ethyl adjacent to an activating group) is 1. The molecule has 7 nitrogen and oxygen atoms in total. The van der Waals surface area contributed by atoms with Crippen LogP contribution in [0.1, 0.15) is 18.9 Å². The van der Waals surface area contributed by atoms with Gasteiger partial charge in [0.2, 0.25) is 0 Å². The van der Waals surface area contributed by atoms with Crippen LogP contribution in [0.25, 0.3) is 5.69 Å². The van der Waals surface area contributed by atoms with E-state index in [1.807, 2.05) is 36.4 Å². The molecule has 3 heterocycles. The summed E-state index contributed by atoms with van der Waals surface area (Å²) in [7, 11) is 0. The summed E-state index contributed by atoms with van der Waals surface area (Å²) in [6.07, 6.45) is 2.62. The summed E-state index contributed by atoms with van der Waals surface area (Å²) < 4.78 is 7.04. The lowest BCUT2D eigenvalue weighted by Gasteiger charge is -2.19. The second-order valence-electron chi connectivity index (χ2n) is 7.39. The van der Waals surface area contributed by atoms with Gasteiger partial charge in [0.1, 0.15) is 23.9 Å².